The Bertz CT molecular complexity index is 3700. The number of pyridine rings is 8. The van der Waals surface area contributed by atoms with E-state index in [1.807, 2.05) is 212 Å². The maximum absolute atomic E-state index is 4.76. The predicted molar refractivity (Wildman–Crippen MR) is 489 cm³/mol. The molecule has 0 saturated carbocycles. The zero-order valence-electron chi connectivity index (χ0n) is 68.5. The molecule has 0 unspecified atom stereocenters. The molecule has 1 N–H and O–H groups in total. The number of aliphatic imine (C=N–C) groups is 5. The van der Waals surface area contributed by atoms with Crippen LogP contribution in [-0.4, -0.2) is 195 Å². The second-order valence-electron chi connectivity index (χ2n) is 23.4. The molecule has 8 aromatic heterocycles. The Labute approximate surface area is 787 Å². The van der Waals surface area contributed by atoms with E-state index in [2.05, 4.69) is 157 Å². The first-order valence-electron chi connectivity index (χ1n) is 36.7. The van der Waals surface area contributed by atoms with E-state index >= 15 is 0 Å². The van der Waals surface area contributed by atoms with E-state index < -0.39 is 0 Å². The first kappa shape index (κ1) is 119. The SMILES string of the molecule is CCN(CC)CCN=Cc1ccc2ccccc2n1.CCN(CC)CCN=Cc1cccc(C)n1.CCN(CC)CCN=Cc1cccc(C)n1.CCN(CC)CCN=Cc1cccc(C)n1.Cc1cc(C)nc(N=Cc2cccc(C)n2)c1.[Cl][Co+][Cl].[Cl][Fe+][Cl].[Cl][Fe+][Cl].[Cl][Fe+][Cl].[Cl][Fe][Cl].[Cl][Ni+][Cl].c1ccc(CNCc2ccccn2)nc1. The van der Waals surface area contributed by atoms with E-state index in [0.717, 1.165) is 197 Å². The molecule has 8 heterocycles. The normalized spacial score (nSPS) is 10.5. The number of likely N-dealkylation sites (N-methyl/N-ethyl adjacent to an activating group) is 4. The van der Waals surface area contributed by atoms with Crippen molar-refractivity contribution in [3.05, 3.63) is 244 Å². The molecule has 0 atom stereocenters. The van der Waals surface area contributed by atoms with Gasteiger partial charge in [-0.15, -0.1) is 0 Å². The van der Waals surface area contributed by atoms with Gasteiger partial charge < -0.3 is 24.9 Å². The van der Waals surface area contributed by atoms with Gasteiger partial charge in [0.2, 0.25) is 0 Å². The molecule has 0 aliphatic carbocycles. The fraction of sp³-hybridized carbons (Fsp3) is 0.395. The number of hydrogen-bond acceptors (Lipinski definition) is 18. The van der Waals surface area contributed by atoms with E-state index in [-0.39, 0.29) is 52.5 Å². The van der Waals surface area contributed by atoms with Crippen molar-refractivity contribution in [1.82, 2.24) is 64.8 Å². The number of nitrogens with one attached hydrogen (secondary N) is 1. The van der Waals surface area contributed by atoms with Crippen LogP contribution >= 0.6 is 121 Å². The standard InChI is InChI=1S/C16H21N3.C14H15N3.3C13H21N3.C12H13N3.12ClH.Co.4Fe.Ni/c1-3-19(4-2)12-11-17-13-15-10-9-14-7-5-6-8-16(14)18-15;1-10-7-12(3)17-14(8-10)15-9-13-6-4-5-11(2)16-13;3*1-4-16(5-2)10-9-14-11-13-8-6-7-12(3)15-13;1-3-7-14-11(5-1)9-13-10-12-6-2-4-8-15-12;;;;;;;;;;;;;;;;;;/h5-10,13H,3-4,11-12H2,1-2H3;4-9H,1-3H3;3*6-8,11H,4-5,9-10H2,1-3H3;1-8,13H,9-10H2;12*1H;;;;;;/q;;;;;;;;;;;;;;;;;;+3;+2;4*+3/p-12. The number of rotatable bonds is 30. The Morgan fingerprint density at radius 1 is 0.393 bits per heavy atom. The molecule has 656 valence electrons. The summed E-state index contributed by atoms with van der Waals surface area (Å²) in [7, 11) is 57.0. The molecular weight excluding hydrogens is 1990 g/mol. The summed E-state index contributed by atoms with van der Waals surface area (Å²) >= 11 is 1.73. The monoisotopic (exact) mass is 2100 g/mol. The third-order valence-electron chi connectivity index (χ3n) is 15.4. The maximum Gasteiger partial charge on any atom is 0.0541 e. The molecule has 0 bridgehead atoms. The molecule has 9 rings (SSSR count). The average molecular weight is 2100 g/mol. The van der Waals surface area contributed by atoms with Crippen molar-refractivity contribution in [3.63, 3.8) is 0 Å². The molecule has 0 fully saturated rings. The van der Waals surface area contributed by atoms with Crippen LogP contribution in [0, 0.1) is 41.5 Å². The number of hydrogen-bond donors (Lipinski definition) is 1. The van der Waals surface area contributed by atoms with Crippen molar-refractivity contribution in [3.8, 4) is 0 Å². The molecule has 9 aromatic rings. The van der Waals surface area contributed by atoms with Crippen LogP contribution < -0.4 is 5.32 Å². The van der Waals surface area contributed by atoms with Crippen LogP contribution in [0.4, 0.5) is 5.82 Å². The third-order valence-corrected chi connectivity index (χ3v) is 15.4. The summed E-state index contributed by atoms with van der Waals surface area (Å²) in [5.74, 6) is 0.728. The number of benzene rings is 1. The maximum atomic E-state index is 4.76. The van der Waals surface area contributed by atoms with E-state index in [9.17, 15) is 0 Å². The van der Waals surface area contributed by atoms with Crippen LogP contribution in [0.2, 0.25) is 0 Å². The van der Waals surface area contributed by atoms with Crippen molar-refractivity contribution in [2.75, 3.05) is 105 Å². The number of para-hydroxylation sites is 1. The van der Waals surface area contributed by atoms with Crippen molar-refractivity contribution in [1.29, 1.82) is 0 Å². The topological polar surface area (TPSA) is 190 Å². The van der Waals surface area contributed by atoms with Gasteiger partial charge in [-0.3, -0.25) is 49.9 Å². The van der Waals surface area contributed by atoms with Gasteiger partial charge >= 0.3 is 200 Å². The van der Waals surface area contributed by atoms with Crippen LogP contribution in [-0.2, 0) is 91.2 Å². The van der Waals surface area contributed by atoms with Crippen molar-refractivity contribution >= 4 is 169 Å². The predicted octanol–water partition coefficient (Wildman–Crippen LogP) is 22.6. The summed E-state index contributed by atoms with van der Waals surface area (Å²) in [6.07, 6.45) is 12.8. The van der Waals surface area contributed by atoms with Crippen LogP contribution in [0.25, 0.3) is 10.9 Å². The molecule has 1 aromatic carbocycles. The zero-order chi connectivity index (χ0) is 87.8. The van der Waals surface area contributed by atoms with Gasteiger partial charge in [0.1, 0.15) is 0 Å². The molecule has 117 heavy (non-hydrogen) atoms. The third kappa shape index (κ3) is 71.4. The van der Waals surface area contributed by atoms with Gasteiger partial charge in [-0.05, 0) is 197 Å². The van der Waals surface area contributed by atoms with E-state index in [1.165, 1.54) is 10.9 Å². The molecule has 0 amide bonds. The Morgan fingerprint density at radius 2 is 0.692 bits per heavy atom. The number of aryl methyl sites for hydroxylation is 6. The van der Waals surface area contributed by atoms with Gasteiger partial charge in [-0.25, -0.2) is 15.0 Å². The Hall–Kier alpha value is -2.61. The molecule has 0 radical (unpaired) electrons. The van der Waals surface area contributed by atoms with Crippen molar-refractivity contribution in [2.24, 2.45) is 25.0 Å². The average Bonchev–Trinajstić information content (AvgIpc) is 0.846. The first-order chi connectivity index (χ1) is 56.7. The molecule has 0 saturated heterocycles. The Morgan fingerprint density at radius 3 is 0.983 bits per heavy atom. The van der Waals surface area contributed by atoms with Crippen LogP contribution in [0.5, 0.6) is 0 Å². The summed E-state index contributed by atoms with van der Waals surface area (Å²) in [5.41, 5.74) is 14.0. The minimum Gasteiger partial charge on any atom is -0.306 e. The number of aromatic nitrogens is 8. The van der Waals surface area contributed by atoms with Crippen LogP contribution in [0.15, 0.2) is 195 Å². The molecule has 0 aliphatic heterocycles. The van der Waals surface area contributed by atoms with Crippen LogP contribution in [0.1, 0.15) is 129 Å². The fourth-order valence-corrected chi connectivity index (χ4v) is 9.63. The summed E-state index contributed by atoms with van der Waals surface area (Å²) < 4.78 is 0. The summed E-state index contributed by atoms with van der Waals surface area (Å²) in [6, 6.07) is 51.9. The molecule has 18 nitrogen and oxygen atoms in total. The van der Waals surface area contributed by atoms with Gasteiger partial charge in [0.05, 0.1) is 77.8 Å². The molecular formula is C81H112Cl12CoFe4N18Ni+5. The van der Waals surface area contributed by atoms with E-state index in [4.69, 9.17) is 121 Å². The molecule has 0 spiro atoms. The minimum atomic E-state index is 0.194. The van der Waals surface area contributed by atoms with Gasteiger partial charge in [0, 0.05) is 110 Å². The second kappa shape index (κ2) is 86.9. The van der Waals surface area contributed by atoms with Gasteiger partial charge in [-0.2, -0.15) is 0 Å². The first-order valence-corrected chi connectivity index (χ1v) is 54.5. The summed E-state index contributed by atoms with van der Waals surface area (Å²) in [6.45, 7) is 47.1. The summed E-state index contributed by atoms with van der Waals surface area (Å²) in [5, 5.41) is 4.46. The van der Waals surface area contributed by atoms with Crippen molar-refractivity contribution < 1.29 is 78.1 Å². The number of nitrogens with zero attached hydrogens (tertiary/aromatic N) is 17. The number of fused-ring (bicyclic) bond motifs is 1. The smallest absolute Gasteiger partial charge is 0.0541 e. The fourth-order valence-electron chi connectivity index (χ4n) is 9.63. The molecule has 36 heteroatoms. The second-order valence-corrected chi connectivity index (χ2v) is 34.1. The van der Waals surface area contributed by atoms with Crippen molar-refractivity contribution in [2.45, 2.75) is 110 Å². The number of halogens is 12. The van der Waals surface area contributed by atoms with Gasteiger partial charge in [0.15, 0.2) is 5.82 Å². The Kier molecular flexibility index (Phi) is 88.0. The zero-order valence-corrected chi connectivity index (χ0v) is 84.0. The molecule has 0 aliphatic rings. The van der Waals surface area contributed by atoms with E-state index in [0.29, 0.717) is 25.5 Å². The van der Waals surface area contributed by atoms with Gasteiger partial charge in [-0.1, -0.05) is 116 Å². The van der Waals surface area contributed by atoms with Gasteiger partial charge in [0.25, 0.3) is 0 Å². The Balaban J connectivity index is -0.00000128. The minimum absolute atomic E-state index is 0.194. The summed E-state index contributed by atoms with van der Waals surface area (Å²) in [4.78, 5) is 66.2. The van der Waals surface area contributed by atoms with Crippen LogP contribution in [0.3, 0.4) is 0 Å². The quantitative estimate of drug-likeness (QED) is 0.0331. The van der Waals surface area contributed by atoms with E-state index in [1.54, 1.807) is 18.6 Å². The largest absolute Gasteiger partial charge is 0.306 e.